The van der Waals surface area contributed by atoms with Gasteiger partial charge in [-0.05, 0) is 50.0 Å². The zero-order valence-corrected chi connectivity index (χ0v) is 14.7. The Morgan fingerprint density at radius 2 is 2.04 bits per heavy atom. The lowest BCUT2D eigenvalue weighted by molar-refractivity contribution is 0.0745. The molecule has 2 heterocycles. The third kappa shape index (κ3) is 4.01. The first kappa shape index (κ1) is 16.2. The maximum Gasteiger partial charge on any atom is 0.263 e. The summed E-state index contributed by atoms with van der Waals surface area (Å²) in [5.74, 6) is 0.738. The van der Waals surface area contributed by atoms with Gasteiger partial charge in [0.05, 0.1) is 4.88 Å². The minimum Gasteiger partial charge on any atom is -0.341 e. The first-order valence-electron chi connectivity index (χ1n) is 8.23. The smallest absolute Gasteiger partial charge is 0.263 e. The third-order valence-corrected chi connectivity index (χ3v) is 5.60. The first-order chi connectivity index (χ1) is 11.1. The normalized spacial score (nSPS) is 18.8. The monoisotopic (exact) mass is 328 g/mol. The van der Waals surface area contributed by atoms with E-state index in [2.05, 4.69) is 30.1 Å². The van der Waals surface area contributed by atoms with E-state index in [0.29, 0.717) is 5.92 Å². The molecule has 0 bridgehead atoms. The SMILES string of the molecule is CN1CCCC(CN(C)C(=O)c2ccc(-c3ccccc3)s2)C1. The standard InChI is InChI=1S/C19H24N2OS/c1-20-12-6-7-15(13-20)14-21(2)19(22)18-11-10-17(23-18)16-8-4-3-5-9-16/h3-5,8-11,15H,6-7,12-14H2,1-2H3. The molecule has 1 fully saturated rings. The molecule has 0 spiro atoms. The van der Waals surface area contributed by atoms with Crippen LogP contribution in [0.2, 0.25) is 0 Å². The van der Waals surface area contributed by atoms with Crippen LogP contribution in [0.4, 0.5) is 0 Å². The molecule has 2 aromatic rings. The van der Waals surface area contributed by atoms with Crippen molar-refractivity contribution in [3.8, 4) is 10.4 Å². The molecule has 1 unspecified atom stereocenters. The van der Waals surface area contributed by atoms with Crippen molar-refractivity contribution in [2.75, 3.05) is 33.7 Å². The summed E-state index contributed by atoms with van der Waals surface area (Å²) in [5, 5.41) is 0. The lowest BCUT2D eigenvalue weighted by Crippen LogP contribution is -2.39. The second kappa shape index (κ2) is 7.28. The molecule has 1 aliphatic heterocycles. The van der Waals surface area contributed by atoms with Gasteiger partial charge >= 0.3 is 0 Å². The number of thiophene rings is 1. The van der Waals surface area contributed by atoms with Gasteiger partial charge in [-0.3, -0.25) is 4.79 Å². The van der Waals surface area contributed by atoms with Crippen molar-refractivity contribution < 1.29 is 4.79 Å². The summed E-state index contributed by atoms with van der Waals surface area (Å²) in [6.45, 7) is 3.12. The van der Waals surface area contributed by atoms with E-state index in [1.165, 1.54) is 24.9 Å². The van der Waals surface area contributed by atoms with Crippen LogP contribution in [-0.4, -0.2) is 49.4 Å². The molecule has 1 atom stereocenters. The summed E-state index contributed by atoms with van der Waals surface area (Å²) in [4.78, 5) is 18.9. The molecule has 1 aromatic heterocycles. The van der Waals surface area contributed by atoms with Gasteiger partial charge < -0.3 is 9.80 Å². The van der Waals surface area contributed by atoms with Crippen LogP contribution in [-0.2, 0) is 0 Å². The number of hydrogen-bond donors (Lipinski definition) is 0. The Hall–Kier alpha value is -1.65. The van der Waals surface area contributed by atoms with E-state index < -0.39 is 0 Å². The van der Waals surface area contributed by atoms with Gasteiger partial charge in [0.1, 0.15) is 0 Å². The number of likely N-dealkylation sites (tertiary alicyclic amines) is 1. The van der Waals surface area contributed by atoms with Crippen molar-refractivity contribution >= 4 is 17.2 Å². The lowest BCUT2D eigenvalue weighted by atomic mass is 9.98. The van der Waals surface area contributed by atoms with Gasteiger partial charge in [-0.25, -0.2) is 0 Å². The minimum absolute atomic E-state index is 0.144. The van der Waals surface area contributed by atoms with Gasteiger partial charge in [0.25, 0.3) is 5.91 Å². The summed E-state index contributed by atoms with van der Waals surface area (Å²) in [6, 6.07) is 14.3. The number of amides is 1. The number of benzene rings is 1. The molecule has 3 nitrogen and oxygen atoms in total. The van der Waals surface area contributed by atoms with E-state index in [1.807, 2.05) is 36.2 Å². The van der Waals surface area contributed by atoms with Crippen molar-refractivity contribution in [1.29, 1.82) is 0 Å². The van der Waals surface area contributed by atoms with Crippen LogP contribution in [0.1, 0.15) is 22.5 Å². The van der Waals surface area contributed by atoms with Crippen molar-refractivity contribution in [3.63, 3.8) is 0 Å². The number of hydrogen-bond acceptors (Lipinski definition) is 3. The fraction of sp³-hybridized carbons (Fsp3) is 0.421. The maximum absolute atomic E-state index is 12.7. The van der Waals surface area contributed by atoms with E-state index in [4.69, 9.17) is 0 Å². The van der Waals surface area contributed by atoms with Gasteiger partial charge in [0.15, 0.2) is 0 Å². The molecule has 0 aliphatic carbocycles. The van der Waals surface area contributed by atoms with Gasteiger partial charge in [0, 0.05) is 25.0 Å². The Kier molecular flexibility index (Phi) is 5.13. The summed E-state index contributed by atoms with van der Waals surface area (Å²) in [6.07, 6.45) is 2.46. The van der Waals surface area contributed by atoms with Crippen molar-refractivity contribution in [2.24, 2.45) is 5.92 Å². The Labute approximate surface area is 142 Å². The third-order valence-electron chi connectivity index (χ3n) is 4.48. The van der Waals surface area contributed by atoms with Crippen LogP contribution < -0.4 is 0 Å². The fourth-order valence-electron chi connectivity index (χ4n) is 3.29. The maximum atomic E-state index is 12.7. The summed E-state index contributed by atoms with van der Waals surface area (Å²) >= 11 is 1.58. The van der Waals surface area contributed by atoms with Crippen LogP contribution in [0.5, 0.6) is 0 Å². The number of nitrogens with zero attached hydrogens (tertiary/aromatic N) is 2. The van der Waals surface area contributed by atoms with Crippen LogP contribution in [0.25, 0.3) is 10.4 Å². The van der Waals surface area contributed by atoms with Crippen LogP contribution in [0.3, 0.4) is 0 Å². The Morgan fingerprint density at radius 3 is 2.78 bits per heavy atom. The highest BCUT2D eigenvalue weighted by Gasteiger charge is 2.22. The largest absolute Gasteiger partial charge is 0.341 e. The molecule has 1 amide bonds. The topological polar surface area (TPSA) is 23.6 Å². The lowest BCUT2D eigenvalue weighted by Gasteiger charge is -2.32. The van der Waals surface area contributed by atoms with E-state index in [1.54, 1.807) is 11.3 Å². The highest BCUT2D eigenvalue weighted by molar-refractivity contribution is 7.17. The van der Waals surface area contributed by atoms with Gasteiger partial charge in [-0.1, -0.05) is 30.3 Å². The van der Waals surface area contributed by atoms with Crippen molar-refractivity contribution in [3.05, 3.63) is 47.3 Å². The van der Waals surface area contributed by atoms with E-state index >= 15 is 0 Å². The molecule has 0 N–H and O–H groups in total. The van der Waals surface area contributed by atoms with Gasteiger partial charge in [-0.15, -0.1) is 11.3 Å². The average molecular weight is 328 g/mol. The Morgan fingerprint density at radius 1 is 1.26 bits per heavy atom. The first-order valence-corrected chi connectivity index (χ1v) is 9.04. The summed E-state index contributed by atoms with van der Waals surface area (Å²) < 4.78 is 0. The highest BCUT2D eigenvalue weighted by Crippen LogP contribution is 2.28. The van der Waals surface area contributed by atoms with Gasteiger partial charge in [-0.2, -0.15) is 0 Å². The second-order valence-electron chi connectivity index (χ2n) is 6.49. The molecule has 23 heavy (non-hydrogen) atoms. The van der Waals surface area contributed by atoms with E-state index in [-0.39, 0.29) is 5.91 Å². The highest BCUT2D eigenvalue weighted by atomic mass is 32.1. The molecule has 0 saturated carbocycles. The number of carbonyl (C=O) groups is 1. The Bertz CT molecular complexity index is 652. The number of carbonyl (C=O) groups excluding carboxylic acids is 1. The average Bonchev–Trinajstić information content (AvgIpc) is 3.05. The summed E-state index contributed by atoms with van der Waals surface area (Å²) in [5.41, 5.74) is 1.17. The molecule has 1 aliphatic rings. The van der Waals surface area contributed by atoms with Crippen molar-refractivity contribution in [1.82, 2.24) is 9.80 Å². The molecule has 4 heteroatoms. The molecule has 1 aromatic carbocycles. The summed E-state index contributed by atoms with van der Waals surface area (Å²) in [7, 11) is 4.10. The predicted molar refractivity (Wildman–Crippen MR) is 96.9 cm³/mol. The molecular weight excluding hydrogens is 304 g/mol. The van der Waals surface area contributed by atoms with E-state index in [0.717, 1.165) is 22.8 Å². The molecular formula is C19H24N2OS. The van der Waals surface area contributed by atoms with Crippen LogP contribution in [0, 0.1) is 5.92 Å². The van der Waals surface area contributed by atoms with Crippen molar-refractivity contribution in [2.45, 2.75) is 12.8 Å². The van der Waals surface area contributed by atoms with E-state index in [9.17, 15) is 4.79 Å². The zero-order chi connectivity index (χ0) is 16.2. The zero-order valence-electron chi connectivity index (χ0n) is 13.9. The molecule has 0 radical (unpaired) electrons. The quantitative estimate of drug-likeness (QED) is 0.851. The predicted octanol–water partition coefficient (Wildman–Crippen LogP) is 3.83. The Balaban J connectivity index is 1.64. The number of rotatable bonds is 4. The molecule has 122 valence electrons. The van der Waals surface area contributed by atoms with Crippen LogP contribution in [0.15, 0.2) is 42.5 Å². The minimum atomic E-state index is 0.144. The van der Waals surface area contributed by atoms with Gasteiger partial charge in [0.2, 0.25) is 0 Å². The molecule has 1 saturated heterocycles. The van der Waals surface area contributed by atoms with Crippen LogP contribution >= 0.6 is 11.3 Å². The fourth-order valence-corrected chi connectivity index (χ4v) is 4.30. The molecule has 3 rings (SSSR count). The number of piperidine rings is 1. The second-order valence-corrected chi connectivity index (χ2v) is 7.57.